The summed E-state index contributed by atoms with van der Waals surface area (Å²) in [5.41, 5.74) is 0.144. The van der Waals surface area contributed by atoms with Crippen LogP contribution in [-0.4, -0.2) is 27.2 Å². The molecule has 0 aliphatic heterocycles. The summed E-state index contributed by atoms with van der Waals surface area (Å²) in [6.45, 7) is -0.562. The highest BCUT2D eigenvalue weighted by molar-refractivity contribution is 6.34. The lowest BCUT2D eigenvalue weighted by molar-refractivity contribution is 0.102. The molecule has 1 heterocycles. The fraction of sp³-hybridized carbons (Fsp3) is 0.167. The minimum absolute atomic E-state index is 0.0856. The lowest BCUT2D eigenvalue weighted by atomic mass is 10.2. The van der Waals surface area contributed by atoms with Crippen LogP contribution in [0.1, 0.15) is 10.4 Å². The van der Waals surface area contributed by atoms with Gasteiger partial charge in [0.25, 0.3) is 12.3 Å². The fourth-order valence-corrected chi connectivity index (χ4v) is 1.86. The molecule has 1 amide bonds. The van der Waals surface area contributed by atoms with E-state index in [0.717, 1.165) is 4.68 Å². The monoisotopic (exact) mass is 301 g/mol. The van der Waals surface area contributed by atoms with E-state index in [1.165, 1.54) is 30.6 Å². The smallest absolute Gasteiger partial charge is 0.261 e. The maximum absolute atomic E-state index is 12.2. The number of hydrogen-bond acceptors (Lipinski definition) is 3. The van der Waals surface area contributed by atoms with Crippen molar-refractivity contribution in [2.24, 2.45) is 0 Å². The molecule has 8 heteroatoms. The molecule has 2 rings (SSSR count). The van der Waals surface area contributed by atoms with Crippen LogP contribution in [0.5, 0.6) is 5.75 Å². The molecule has 1 aromatic heterocycles. The van der Waals surface area contributed by atoms with Crippen LogP contribution in [0.4, 0.5) is 14.5 Å². The fourth-order valence-electron chi connectivity index (χ4n) is 1.60. The Morgan fingerprint density at radius 3 is 2.90 bits per heavy atom. The number of amides is 1. The summed E-state index contributed by atoms with van der Waals surface area (Å²) >= 11 is 5.82. The van der Waals surface area contributed by atoms with E-state index in [-0.39, 0.29) is 22.0 Å². The third kappa shape index (κ3) is 3.24. The Hall–Kier alpha value is -2.15. The van der Waals surface area contributed by atoms with Gasteiger partial charge in [-0.15, -0.1) is 0 Å². The van der Waals surface area contributed by atoms with E-state index in [1.807, 2.05) is 0 Å². The number of nitrogens with one attached hydrogen (secondary N) is 1. The van der Waals surface area contributed by atoms with Crippen LogP contribution in [0.25, 0.3) is 0 Å². The van der Waals surface area contributed by atoms with Crippen molar-refractivity contribution < 1.29 is 18.7 Å². The van der Waals surface area contributed by atoms with E-state index in [4.69, 9.17) is 11.6 Å². The zero-order valence-corrected chi connectivity index (χ0v) is 10.8. The predicted octanol–water partition coefficient (Wildman–Crippen LogP) is 2.76. The van der Waals surface area contributed by atoms with E-state index in [1.54, 1.807) is 0 Å². The second kappa shape index (κ2) is 5.87. The number of halogens is 3. The Morgan fingerprint density at radius 1 is 1.50 bits per heavy atom. The SMILES string of the molecule is O=C(Nc1cnn(CC(F)F)c1)c1c(O)cccc1Cl. The molecule has 2 aromatic rings. The first-order valence-electron chi connectivity index (χ1n) is 5.57. The van der Waals surface area contributed by atoms with Crippen molar-refractivity contribution in [2.45, 2.75) is 13.0 Å². The number of anilines is 1. The van der Waals surface area contributed by atoms with Crippen molar-refractivity contribution in [3.8, 4) is 5.75 Å². The van der Waals surface area contributed by atoms with Crippen LogP contribution in [0.15, 0.2) is 30.6 Å². The zero-order valence-electron chi connectivity index (χ0n) is 10.1. The van der Waals surface area contributed by atoms with Gasteiger partial charge in [-0.25, -0.2) is 8.78 Å². The predicted molar refractivity (Wildman–Crippen MR) is 69.3 cm³/mol. The number of rotatable bonds is 4. The van der Waals surface area contributed by atoms with Crippen molar-refractivity contribution in [1.82, 2.24) is 9.78 Å². The van der Waals surface area contributed by atoms with Gasteiger partial charge in [0.1, 0.15) is 17.9 Å². The third-order valence-electron chi connectivity index (χ3n) is 2.43. The number of aromatic nitrogens is 2. The van der Waals surface area contributed by atoms with Gasteiger partial charge in [0.15, 0.2) is 0 Å². The molecule has 0 atom stereocenters. The minimum Gasteiger partial charge on any atom is -0.507 e. The first-order chi connectivity index (χ1) is 9.47. The molecule has 106 valence electrons. The lowest BCUT2D eigenvalue weighted by Gasteiger charge is -2.06. The summed E-state index contributed by atoms with van der Waals surface area (Å²) < 4.78 is 25.3. The van der Waals surface area contributed by atoms with Gasteiger partial charge in [-0.3, -0.25) is 9.48 Å². The van der Waals surface area contributed by atoms with Gasteiger partial charge in [0, 0.05) is 6.20 Å². The molecular formula is C12H10ClF2N3O2. The summed E-state index contributed by atoms with van der Waals surface area (Å²) in [5, 5.41) is 15.8. The normalized spacial score (nSPS) is 10.8. The topological polar surface area (TPSA) is 67.2 Å². The van der Waals surface area contributed by atoms with Crippen LogP contribution in [-0.2, 0) is 6.54 Å². The van der Waals surface area contributed by atoms with Gasteiger partial charge >= 0.3 is 0 Å². The molecule has 0 bridgehead atoms. The number of hydrogen-bond donors (Lipinski definition) is 2. The molecule has 0 radical (unpaired) electrons. The highest BCUT2D eigenvalue weighted by Crippen LogP contribution is 2.26. The van der Waals surface area contributed by atoms with Crippen LogP contribution < -0.4 is 5.32 Å². The van der Waals surface area contributed by atoms with Gasteiger partial charge in [0.05, 0.1) is 16.9 Å². The molecular weight excluding hydrogens is 292 g/mol. The molecule has 0 fully saturated rings. The maximum atomic E-state index is 12.2. The summed E-state index contributed by atoms with van der Waals surface area (Å²) in [4.78, 5) is 11.9. The Morgan fingerprint density at radius 2 is 2.25 bits per heavy atom. The zero-order chi connectivity index (χ0) is 14.7. The van der Waals surface area contributed by atoms with E-state index in [0.29, 0.717) is 0 Å². The summed E-state index contributed by atoms with van der Waals surface area (Å²) in [5.74, 6) is -0.917. The minimum atomic E-state index is -2.54. The first-order valence-corrected chi connectivity index (χ1v) is 5.94. The second-order valence-corrected chi connectivity index (χ2v) is 4.34. The first kappa shape index (κ1) is 14.3. The number of carbonyl (C=O) groups is 1. The Labute approximate surface area is 117 Å². The molecule has 0 saturated carbocycles. The maximum Gasteiger partial charge on any atom is 0.261 e. The number of phenolic OH excluding ortho intramolecular Hbond substituents is 1. The lowest BCUT2D eigenvalue weighted by Crippen LogP contribution is -2.12. The van der Waals surface area contributed by atoms with Crippen molar-refractivity contribution in [3.05, 3.63) is 41.2 Å². The molecule has 0 aliphatic rings. The molecule has 0 spiro atoms. The van der Waals surface area contributed by atoms with Crippen LogP contribution in [0.3, 0.4) is 0 Å². The largest absolute Gasteiger partial charge is 0.507 e. The number of aromatic hydroxyl groups is 1. The number of nitrogens with zero attached hydrogens (tertiary/aromatic N) is 2. The van der Waals surface area contributed by atoms with Crippen LogP contribution in [0, 0.1) is 0 Å². The molecule has 20 heavy (non-hydrogen) atoms. The number of benzene rings is 1. The average molecular weight is 302 g/mol. The highest BCUT2D eigenvalue weighted by Gasteiger charge is 2.16. The van der Waals surface area contributed by atoms with E-state index < -0.39 is 18.9 Å². The highest BCUT2D eigenvalue weighted by atomic mass is 35.5. The summed E-state index contributed by atoms with van der Waals surface area (Å²) in [7, 11) is 0. The quantitative estimate of drug-likeness (QED) is 0.912. The third-order valence-corrected chi connectivity index (χ3v) is 2.75. The van der Waals surface area contributed by atoms with Crippen molar-refractivity contribution >= 4 is 23.2 Å². The van der Waals surface area contributed by atoms with E-state index >= 15 is 0 Å². The molecule has 1 aromatic carbocycles. The van der Waals surface area contributed by atoms with Crippen LogP contribution >= 0.6 is 11.6 Å². The molecule has 0 unspecified atom stereocenters. The Bertz CT molecular complexity index is 611. The standard InChI is InChI=1S/C12H10ClF2N3O2/c13-8-2-1-3-9(19)11(8)12(20)17-7-4-16-18(5-7)6-10(14)15/h1-5,10,19H,6H2,(H,17,20). The summed E-state index contributed by atoms with van der Waals surface area (Å²) in [6, 6.07) is 4.27. The van der Waals surface area contributed by atoms with Crippen LogP contribution in [0.2, 0.25) is 5.02 Å². The van der Waals surface area contributed by atoms with Gasteiger partial charge in [-0.2, -0.15) is 5.10 Å². The Balaban J connectivity index is 2.14. The van der Waals surface area contributed by atoms with Gasteiger partial charge in [0.2, 0.25) is 0 Å². The van der Waals surface area contributed by atoms with Gasteiger partial charge in [-0.05, 0) is 12.1 Å². The average Bonchev–Trinajstić information content (AvgIpc) is 2.75. The second-order valence-electron chi connectivity index (χ2n) is 3.93. The summed E-state index contributed by atoms with van der Waals surface area (Å²) in [6.07, 6.45) is -0.0439. The Kier molecular flexibility index (Phi) is 4.19. The van der Waals surface area contributed by atoms with Crippen molar-refractivity contribution in [2.75, 3.05) is 5.32 Å². The van der Waals surface area contributed by atoms with Crippen molar-refractivity contribution in [1.29, 1.82) is 0 Å². The van der Waals surface area contributed by atoms with E-state index in [2.05, 4.69) is 10.4 Å². The molecule has 2 N–H and O–H groups in total. The van der Waals surface area contributed by atoms with E-state index in [9.17, 15) is 18.7 Å². The molecule has 0 aliphatic carbocycles. The van der Waals surface area contributed by atoms with Gasteiger partial charge < -0.3 is 10.4 Å². The number of phenols is 1. The number of carbonyl (C=O) groups excluding carboxylic acids is 1. The van der Waals surface area contributed by atoms with Crippen molar-refractivity contribution in [3.63, 3.8) is 0 Å². The molecule has 0 saturated heterocycles. The molecule has 5 nitrogen and oxygen atoms in total. The number of alkyl halides is 2. The van der Waals surface area contributed by atoms with Gasteiger partial charge in [-0.1, -0.05) is 17.7 Å².